The molecule has 2 aromatic rings. The van der Waals surface area contributed by atoms with E-state index in [1.165, 1.54) is 30.3 Å². The van der Waals surface area contributed by atoms with Gasteiger partial charge in [-0.05, 0) is 24.3 Å². The van der Waals surface area contributed by atoms with Crippen LogP contribution in [0.2, 0.25) is 0 Å². The Hall–Kier alpha value is -3.63. The number of nitrogens with one attached hydrogen (secondary N) is 3. The molecular formula is C16H13F3N4O4. The average molecular weight is 382 g/mol. The van der Waals surface area contributed by atoms with Gasteiger partial charge < -0.3 is 5.32 Å². The predicted molar refractivity (Wildman–Crippen MR) is 88.6 cm³/mol. The summed E-state index contributed by atoms with van der Waals surface area (Å²) in [4.78, 5) is 33.6. The van der Waals surface area contributed by atoms with Gasteiger partial charge in [0.25, 0.3) is 17.5 Å². The SMILES string of the molecule is O=C(CNc1cccc(C(F)(F)F)c1)NNC(=O)c1cccc([N+](=O)[O-])c1. The van der Waals surface area contributed by atoms with Crippen LogP contribution in [0, 0.1) is 10.1 Å². The van der Waals surface area contributed by atoms with E-state index in [4.69, 9.17) is 0 Å². The second-order valence-corrected chi connectivity index (χ2v) is 5.24. The largest absolute Gasteiger partial charge is 0.416 e. The Balaban J connectivity index is 1.87. The Morgan fingerprint density at radius 2 is 1.74 bits per heavy atom. The van der Waals surface area contributed by atoms with Crippen LogP contribution in [0.4, 0.5) is 24.5 Å². The molecule has 0 fully saturated rings. The standard InChI is InChI=1S/C16H13F3N4O4/c17-16(18,19)11-4-2-5-12(8-11)20-9-14(24)21-22-15(25)10-3-1-6-13(7-10)23(26)27/h1-8,20H,9H2,(H,21,24)(H,22,25). The zero-order valence-electron chi connectivity index (χ0n) is 13.5. The van der Waals surface area contributed by atoms with Crippen LogP contribution in [0.25, 0.3) is 0 Å². The van der Waals surface area contributed by atoms with Crippen molar-refractivity contribution in [1.29, 1.82) is 0 Å². The summed E-state index contributed by atoms with van der Waals surface area (Å²) in [5.41, 5.74) is 2.98. The van der Waals surface area contributed by atoms with Crippen LogP contribution >= 0.6 is 0 Å². The van der Waals surface area contributed by atoms with Gasteiger partial charge in [0.05, 0.1) is 17.0 Å². The van der Waals surface area contributed by atoms with Crippen molar-refractivity contribution < 1.29 is 27.7 Å². The lowest BCUT2D eigenvalue weighted by atomic mass is 10.2. The molecule has 0 radical (unpaired) electrons. The first-order chi connectivity index (χ1) is 12.7. The van der Waals surface area contributed by atoms with Gasteiger partial charge in [-0.25, -0.2) is 0 Å². The summed E-state index contributed by atoms with van der Waals surface area (Å²) in [5, 5.41) is 13.2. The molecule has 0 aliphatic heterocycles. The molecule has 0 spiro atoms. The molecule has 2 rings (SSSR count). The highest BCUT2D eigenvalue weighted by atomic mass is 19.4. The molecule has 0 aliphatic carbocycles. The maximum atomic E-state index is 12.6. The minimum Gasteiger partial charge on any atom is -0.376 e. The number of nitro groups is 1. The Bertz CT molecular complexity index is 871. The number of hydrogen-bond acceptors (Lipinski definition) is 5. The summed E-state index contributed by atoms with van der Waals surface area (Å²) in [7, 11) is 0. The number of non-ortho nitro benzene ring substituents is 1. The van der Waals surface area contributed by atoms with Gasteiger partial charge in [0, 0.05) is 23.4 Å². The summed E-state index contributed by atoms with van der Waals surface area (Å²) in [6.07, 6.45) is -4.51. The third kappa shape index (κ3) is 5.70. The number of amides is 2. The highest BCUT2D eigenvalue weighted by Crippen LogP contribution is 2.30. The minimum absolute atomic E-state index is 0.0460. The molecule has 3 N–H and O–H groups in total. The van der Waals surface area contributed by atoms with Crippen molar-refractivity contribution in [3.8, 4) is 0 Å². The van der Waals surface area contributed by atoms with Gasteiger partial charge in [-0.1, -0.05) is 12.1 Å². The molecule has 0 bridgehead atoms. The molecule has 0 saturated carbocycles. The van der Waals surface area contributed by atoms with Gasteiger partial charge in [-0.15, -0.1) is 0 Å². The molecule has 0 aromatic heterocycles. The third-order valence-corrected chi connectivity index (χ3v) is 3.28. The maximum Gasteiger partial charge on any atom is 0.416 e. The smallest absolute Gasteiger partial charge is 0.376 e. The first kappa shape index (κ1) is 19.7. The molecule has 0 aliphatic rings. The van der Waals surface area contributed by atoms with E-state index in [9.17, 15) is 32.9 Å². The highest BCUT2D eigenvalue weighted by molar-refractivity contribution is 5.96. The van der Waals surface area contributed by atoms with Crippen LogP contribution < -0.4 is 16.2 Å². The van der Waals surface area contributed by atoms with Crippen molar-refractivity contribution in [3.63, 3.8) is 0 Å². The Morgan fingerprint density at radius 1 is 1.04 bits per heavy atom. The lowest BCUT2D eigenvalue weighted by Crippen LogP contribution is -2.44. The number of hydrogen-bond donors (Lipinski definition) is 3. The van der Waals surface area contributed by atoms with E-state index in [-0.39, 0.29) is 16.9 Å². The van der Waals surface area contributed by atoms with E-state index in [2.05, 4.69) is 16.2 Å². The number of rotatable bonds is 5. The number of hydrazine groups is 1. The summed E-state index contributed by atoms with van der Waals surface area (Å²) < 4.78 is 37.9. The van der Waals surface area contributed by atoms with Crippen LogP contribution in [0.3, 0.4) is 0 Å². The summed E-state index contributed by atoms with van der Waals surface area (Å²) in [6.45, 7) is -0.406. The van der Waals surface area contributed by atoms with Crippen LogP contribution in [-0.2, 0) is 11.0 Å². The maximum absolute atomic E-state index is 12.6. The van der Waals surface area contributed by atoms with Crippen molar-refractivity contribution >= 4 is 23.2 Å². The molecule has 0 atom stereocenters. The van der Waals surface area contributed by atoms with E-state index in [1.807, 2.05) is 0 Å². The third-order valence-electron chi connectivity index (χ3n) is 3.28. The molecular weight excluding hydrogens is 369 g/mol. The molecule has 0 unspecified atom stereocenters. The Morgan fingerprint density at radius 3 is 2.41 bits per heavy atom. The monoisotopic (exact) mass is 382 g/mol. The fourth-order valence-electron chi connectivity index (χ4n) is 1.99. The predicted octanol–water partition coefficient (Wildman–Crippen LogP) is 2.49. The van der Waals surface area contributed by atoms with Gasteiger partial charge in [-0.3, -0.25) is 30.6 Å². The number of anilines is 1. The van der Waals surface area contributed by atoms with Crippen LogP contribution in [0.15, 0.2) is 48.5 Å². The molecule has 0 saturated heterocycles. The quantitative estimate of drug-likeness (QED) is 0.543. The van der Waals surface area contributed by atoms with E-state index < -0.39 is 35.0 Å². The topological polar surface area (TPSA) is 113 Å². The Labute approximate surface area is 150 Å². The van der Waals surface area contributed by atoms with Crippen molar-refractivity contribution in [1.82, 2.24) is 10.9 Å². The summed E-state index contributed by atoms with van der Waals surface area (Å²) in [5.74, 6) is -1.52. The van der Waals surface area contributed by atoms with Crippen molar-refractivity contribution in [2.24, 2.45) is 0 Å². The number of alkyl halides is 3. The molecule has 2 amide bonds. The molecule has 27 heavy (non-hydrogen) atoms. The van der Waals surface area contributed by atoms with Crippen molar-refractivity contribution in [2.45, 2.75) is 6.18 Å². The number of benzene rings is 2. The molecule has 11 heteroatoms. The number of nitro benzene ring substituents is 1. The van der Waals surface area contributed by atoms with E-state index in [0.29, 0.717) is 0 Å². The van der Waals surface area contributed by atoms with Gasteiger partial charge in [0.2, 0.25) is 0 Å². The lowest BCUT2D eigenvalue weighted by Gasteiger charge is -2.11. The first-order valence-corrected chi connectivity index (χ1v) is 7.41. The zero-order chi connectivity index (χ0) is 20.0. The van der Waals surface area contributed by atoms with Crippen LogP contribution in [-0.4, -0.2) is 23.3 Å². The van der Waals surface area contributed by atoms with Gasteiger partial charge in [0.15, 0.2) is 0 Å². The van der Waals surface area contributed by atoms with Crippen molar-refractivity contribution in [2.75, 3.05) is 11.9 Å². The summed E-state index contributed by atoms with van der Waals surface area (Å²) in [6, 6.07) is 9.13. The normalized spacial score (nSPS) is 10.8. The number of carbonyl (C=O) groups excluding carboxylic acids is 2. The van der Waals surface area contributed by atoms with E-state index in [1.54, 1.807) is 0 Å². The number of nitrogens with zero attached hydrogens (tertiary/aromatic N) is 1. The fraction of sp³-hybridized carbons (Fsp3) is 0.125. The summed E-state index contributed by atoms with van der Waals surface area (Å²) >= 11 is 0. The average Bonchev–Trinajstić information content (AvgIpc) is 2.64. The molecule has 2 aromatic carbocycles. The minimum atomic E-state index is -4.51. The first-order valence-electron chi connectivity index (χ1n) is 7.41. The highest BCUT2D eigenvalue weighted by Gasteiger charge is 2.30. The molecule has 142 valence electrons. The number of carbonyl (C=O) groups is 2. The van der Waals surface area contributed by atoms with E-state index >= 15 is 0 Å². The molecule has 8 nitrogen and oxygen atoms in total. The van der Waals surface area contributed by atoms with E-state index in [0.717, 1.165) is 18.2 Å². The second kappa shape index (κ2) is 8.17. The number of halogens is 3. The lowest BCUT2D eigenvalue weighted by molar-refractivity contribution is -0.384. The van der Waals surface area contributed by atoms with Crippen LogP contribution in [0.5, 0.6) is 0 Å². The van der Waals surface area contributed by atoms with Gasteiger partial charge >= 0.3 is 6.18 Å². The van der Waals surface area contributed by atoms with Crippen molar-refractivity contribution in [3.05, 3.63) is 69.8 Å². The zero-order valence-corrected chi connectivity index (χ0v) is 13.5. The van der Waals surface area contributed by atoms with Gasteiger partial charge in [-0.2, -0.15) is 13.2 Å². The second-order valence-electron chi connectivity index (χ2n) is 5.24. The molecule has 0 heterocycles. The van der Waals surface area contributed by atoms with Gasteiger partial charge in [0.1, 0.15) is 0 Å². The van der Waals surface area contributed by atoms with Crippen LogP contribution in [0.1, 0.15) is 15.9 Å². The Kier molecular flexibility index (Phi) is 5.96. The fourth-order valence-corrected chi connectivity index (χ4v) is 1.99.